The molecule has 0 amide bonds. The summed E-state index contributed by atoms with van der Waals surface area (Å²) in [6.45, 7) is 1.68. The first kappa shape index (κ1) is 13.7. The van der Waals surface area contributed by atoms with Gasteiger partial charge in [0.05, 0.1) is 4.92 Å². The van der Waals surface area contributed by atoms with E-state index in [-0.39, 0.29) is 17.3 Å². The molecule has 2 rings (SSSR count). The van der Waals surface area contributed by atoms with Gasteiger partial charge in [0.15, 0.2) is 0 Å². The Kier molecular flexibility index (Phi) is 3.96. The first-order valence-corrected chi connectivity index (χ1v) is 6.26. The summed E-state index contributed by atoms with van der Waals surface area (Å²) >= 11 is 9.00. The van der Waals surface area contributed by atoms with E-state index in [2.05, 4.69) is 25.9 Å². The highest BCUT2D eigenvalue weighted by Crippen LogP contribution is 2.33. The minimum absolute atomic E-state index is 0.0301. The van der Waals surface area contributed by atoms with Crippen LogP contribution in [0.1, 0.15) is 5.82 Å². The second-order valence-corrected chi connectivity index (χ2v) is 4.80. The molecule has 0 spiro atoms. The van der Waals surface area contributed by atoms with E-state index in [0.717, 1.165) is 0 Å². The molecule has 0 saturated heterocycles. The maximum atomic E-state index is 10.9. The Hall–Kier alpha value is -1.73. The number of hydrogen-bond donors (Lipinski definition) is 0. The van der Waals surface area contributed by atoms with Crippen LogP contribution in [0.2, 0.25) is 5.02 Å². The number of aromatic nitrogens is 2. The highest BCUT2D eigenvalue weighted by atomic mass is 79.9. The summed E-state index contributed by atoms with van der Waals surface area (Å²) in [6, 6.07) is 5.58. The van der Waals surface area contributed by atoms with E-state index in [9.17, 15) is 10.1 Å². The summed E-state index contributed by atoms with van der Waals surface area (Å²) in [4.78, 5) is 18.4. The van der Waals surface area contributed by atoms with Gasteiger partial charge in [-0.15, -0.1) is 0 Å². The van der Waals surface area contributed by atoms with Gasteiger partial charge in [-0.1, -0.05) is 11.6 Å². The third kappa shape index (κ3) is 3.39. The Bertz CT molecular complexity index is 631. The Balaban J connectivity index is 2.42. The third-order valence-electron chi connectivity index (χ3n) is 2.12. The Morgan fingerprint density at radius 2 is 2.11 bits per heavy atom. The largest absolute Gasteiger partial charge is 0.432 e. The average molecular weight is 345 g/mol. The SMILES string of the molecule is Cc1nc(Br)cc(Oc2cc(Cl)ccc2[N+](=O)[O-])n1. The predicted octanol–water partition coefficient (Wildman–Crippen LogP) is 3.90. The zero-order valence-corrected chi connectivity index (χ0v) is 12.0. The van der Waals surface area contributed by atoms with Crippen LogP contribution in [0.15, 0.2) is 28.9 Å². The van der Waals surface area contributed by atoms with Gasteiger partial charge in [0.1, 0.15) is 10.4 Å². The molecule has 1 heterocycles. The Morgan fingerprint density at radius 1 is 1.37 bits per heavy atom. The lowest BCUT2D eigenvalue weighted by molar-refractivity contribution is -0.385. The summed E-state index contributed by atoms with van der Waals surface area (Å²) in [5, 5.41) is 11.2. The monoisotopic (exact) mass is 343 g/mol. The molecule has 1 aromatic heterocycles. The number of halogens is 2. The molecule has 6 nitrogen and oxygen atoms in total. The fraction of sp³-hybridized carbons (Fsp3) is 0.0909. The van der Waals surface area contributed by atoms with E-state index in [4.69, 9.17) is 16.3 Å². The molecule has 0 atom stereocenters. The zero-order valence-electron chi connectivity index (χ0n) is 9.63. The molecule has 0 fully saturated rings. The molecule has 0 unspecified atom stereocenters. The fourth-order valence-electron chi connectivity index (χ4n) is 1.39. The molecule has 2 aromatic rings. The number of aryl methyl sites for hydroxylation is 1. The van der Waals surface area contributed by atoms with Gasteiger partial charge in [0.2, 0.25) is 11.6 Å². The van der Waals surface area contributed by atoms with Crippen LogP contribution in [0.3, 0.4) is 0 Å². The van der Waals surface area contributed by atoms with Crippen molar-refractivity contribution < 1.29 is 9.66 Å². The fourth-order valence-corrected chi connectivity index (χ4v) is 2.01. The van der Waals surface area contributed by atoms with E-state index in [1.807, 2.05) is 0 Å². The third-order valence-corrected chi connectivity index (χ3v) is 2.76. The van der Waals surface area contributed by atoms with Gasteiger partial charge < -0.3 is 4.74 Å². The van der Waals surface area contributed by atoms with E-state index in [1.165, 1.54) is 24.3 Å². The molecule has 19 heavy (non-hydrogen) atoms. The average Bonchev–Trinajstić information content (AvgIpc) is 2.26. The van der Waals surface area contributed by atoms with Crippen LogP contribution in [0, 0.1) is 17.0 Å². The lowest BCUT2D eigenvalue weighted by atomic mass is 10.3. The number of hydrogen-bond acceptors (Lipinski definition) is 5. The topological polar surface area (TPSA) is 78.2 Å². The Morgan fingerprint density at radius 3 is 2.74 bits per heavy atom. The predicted molar refractivity (Wildman–Crippen MR) is 72.6 cm³/mol. The van der Waals surface area contributed by atoms with Crippen molar-refractivity contribution in [2.45, 2.75) is 6.92 Å². The van der Waals surface area contributed by atoms with E-state index in [1.54, 1.807) is 6.92 Å². The van der Waals surface area contributed by atoms with Crippen molar-refractivity contribution in [3.63, 3.8) is 0 Å². The van der Waals surface area contributed by atoms with Gasteiger partial charge >= 0.3 is 5.69 Å². The van der Waals surface area contributed by atoms with Gasteiger partial charge in [-0.3, -0.25) is 10.1 Å². The molecule has 0 aliphatic carbocycles. The summed E-state index contributed by atoms with van der Waals surface area (Å²) in [5.41, 5.74) is -0.184. The normalized spacial score (nSPS) is 10.3. The number of nitro groups is 1. The first-order valence-electron chi connectivity index (χ1n) is 5.08. The van der Waals surface area contributed by atoms with Crippen LogP contribution in [0.25, 0.3) is 0 Å². The molecule has 0 radical (unpaired) electrons. The zero-order chi connectivity index (χ0) is 14.0. The van der Waals surface area contributed by atoms with E-state index < -0.39 is 4.92 Å². The number of rotatable bonds is 3. The molecular weight excluding hydrogens is 337 g/mol. The number of nitro benzene ring substituents is 1. The van der Waals surface area contributed by atoms with Crippen LogP contribution >= 0.6 is 27.5 Å². The Labute approximate surface area is 121 Å². The van der Waals surface area contributed by atoms with Gasteiger partial charge in [0.25, 0.3) is 0 Å². The summed E-state index contributed by atoms with van der Waals surface area (Å²) in [5.74, 6) is 0.710. The van der Waals surface area contributed by atoms with Crippen molar-refractivity contribution in [2.75, 3.05) is 0 Å². The highest BCUT2D eigenvalue weighted by Gasteiger charge is 2.17. The summed E-state index contributed by atoms with van der Waals surface area (Å²) < 4.78 is 5.93. The molecule has 0 aliphatic heterocycles. The molecule has 8 heteroatoms. The lowest BCUT2D eigenvalue weighted by Crippen LogP contribution is -1.97. The van der Waals surface area contributed by atoms with Gasteiger partial charge in [-0.05, 0) is 28.9 Å². The van der Waals surface area contributed by atoms with Crippen molar-refractivity contribution in [2.24, 2.45) is 0 Å². The van der Waals surface area contributed by atoms with Crippen LogP contribution in [-0.4, -0.2) is 14.9 Å². The van der Waals surface area contributed by atoms with Gasteiger partial charge in [-0.25, -0.2) is 4.98 Å². The molecule has 0 saturated carbocycles. The summed E-state index contributed by atoms with van der Waals surface area (Å²) in [7, 11) is 0. The maximum absolute atomic E-state index is 10.9. The number of ether oxygens (including phenoxy) is 1. The van der Waals surface area contributed by atoms with Crippen molar-refractivity contribution in [1.29, 1.82) is 0 Å². The van der Waals surface area contributed by atoms with Crippen molar-refractivity contribution in [3.05, 3.63) is 49.8 Å². The van der Waals surface area contributed by atoms with Crippen molar-refractivity contribution in [3.8, 4) is 11.6 Å². The van der Waals surface area contributed by atoms with E-state index in [0.29, 0.717) is 15.5 Å². The summed E-state index contributed by atoms with van der Waals surface area (Å²) in [6.07, 6.45) is 0. The molecule has 1 aromatic carbocycles. The number of nitrogens with zero attached hydrogens (tertiary/aromatic N) is 3. The molecular formula is C11H7BrClN3O3. The second-order valence-electron chi connectivity index (χ2n) is 3.55. The van der Waals surface area contributed by atoms with Crippen LogP contribution in [-0.2, 0) is 0 Å². The van der Waals surface area contributed by atoms with Crippen molar-refractivity contribution in [1.82, 2.24) is 9.97 Å². The van der Waals surface area contributed by atoms with Crippen molar-refractivity contribution >= 4 is 33.2 Å². The first-order chi connectivity index (χ1) is 8.95. The lowest BCUT2D eigenvalue weighted by Gasteiger charge is -2.06. The van der Waals surface area contributed by atoms with E-state index >= 15 is 0 Å². The molecule has 98 valence electrons. The van der Waals surface area contributed by atoms with Crippen LogP contribution in [0.5, 0.6) is 11.6 Å². The number of benzene rings is 1. The minimum atomic E-state index is -0.547. The standard InChI is InChI=1S/C11H7BrClN3O3/c1-6-14-10(12)5-11(15-6)19-9-4-7(13)2-3-8(9)16(17)18/h2-5H,1H3. The van der Waals surface area contributed by atoms with Gasteiger partial charge in [0, 0.05) is 23.2 Å². The smallest absolute Gasteiger partial charge is 0.311 e. The molecule has 0 bridgehead atoms. The van der Waals surface area contributed by atoms with Crippen LogP contribution < -0.4 is 4.74 Å². The quantitative estimate of drug-likeness (QED) is 0.479. The second kappa shape index (κ2) is 5.50. The van der Waals surface area contributed by atoms with Gasteiger partial charge in [-0.2, -0.15) is 4.98 Å². The molecule has 0 aliphatic rings. The highest BCUT2D eigenvalue weighted by molar-refractivity contribution is 9.10. The molecule has 0 N–H and O–H groups in total. The maximum Gasteiger partial charge on any atom is 0.311 e. The minimum Gasteiger partial charge on any atom is -0.432 e. The van der Waals surface area contributed by atoms with Crippen LogP contribution in [0.4, 0.5) is 5.69 Å².